The van der Waals surface area contributed by atoms with E-state index in [1.807, 2.05) is 12.1 Å². The van der Waals surface area contributed by atoms with Crippen molar-refractivity contribution in [3.8, 4) is 11.5 Å². The Bertz CT molecular complexity index is 501. The first kappa shape index (κ1) is 10.7. The number of hydrogen-bond acceptors (Lipinski definition) is 3. The third kappa shape index (κ3) is 1.23. The molecule has 3 atom stereocenters. The van der Waals surface area contributed by atoms with Crippen molar-refractivity contribution in [3.05, 3.63) is 23.8 Å². The third-order valence-corrected chi connectivity index (χ3v) is 5.22. The molecule has 1 saturated heterocycles. The summed E-state index contributed by atoms with van der Waals surface area (Å²) in [6.45, 7) is 1.01. The summed E-state index contributed by atoms with van der Waals surface area (Å²) in [4.78, 5) is 2.45. The molecule has 0 radical (unpaired) electrons. The van der Waals surface area contributed by atoms with Crippen molar-refractivity contribution in [2.24, 2.45) is 0 Å². The van der Waals surface area contributed by atoms with E-state index in [-0.39, 0.29) is 11.5 Å². The van der Waals surface area contributed by atoms with Gasteiger partial charge in [0.05, 0.1) is 0 Å². The van der Waals surface area contributed by atoms with E-state index in [1.165, 1.54) is 31.2 Å². The molecule has 2 aliphatic heterocycles. The van der Waals surface area contributed by atoms with Gasteiger partial charge in [0.15, 0.2) is 0 Å². The van der Waals surface area contributed by atoms with Gasteiger partial charge in [-0.1, -0.05) is 6.42 Å². The summed E-state index contributed by atoms with van der Waals surface area (Å²) in [5.74, 6) is 1.36. The lowest BCUT2D eigenvalue weighted by Crippen LogP contribution is -2.58. The van der Waals surface area contributed by atoms with Crippen molar-refractivity contribution in [2.75, 3.05) is 13.6 Å². The van der Waals surface area contributed by atoms with Crippen LogP contribution in [0.25, 0.3) is 0 Å². The zero-order valence-corrected chi connectivity index (χ0v) is 10.7. The molecular formula is C15H19NO2. The van der Waals surface area contributed by atoms with E-state index in [2.05, 4.69) is 11.9 Å². The summed E-state index contributed by atoms with van der Waals surface area (Å²) in [6, 6.07) is 6.29. The van der Waals surface area contributed by atoms with E-state index < -0.39 is 0 Å². The lowest BCUT2D eigenvalue weighted by Gasteiger charge is -2.50. The average Bonchev–Trinajstić information content (AvgIpc) is 2.64. The molecule has 1 N–H and O–H groups in total. The summed E-state index contributed by atoms with van der Waals surface area (Å²) in [7, 11) is 2.21. The summed E-state index contributed by atoms with van der Waals surface area (Å²) in [6.07, 6.45) is 5.24. The fourth-order valence-corrected chi connectivity index (χ4v) is 4.26. The highest BCUT2D eigenvalue weighted by Crippen LogP contribution is 2.55. The van der Waals surface area contributed by atoms with E-state index in [4.69, 9.17) is 4.74 Å². The molecule has 1 aromatic rings. The Morgan fingerprint density at radius 2 is 2.33 bits per heavy atom. The number of phenols is 1. The van der Waals surface area contributed by atoms with Crippen LogP contribution in [0.2, 0.25) is 0 Å². The molecule has 1 aliphatic carbocycles. The molecule has 3 aliphatic rings. The molecule has 3 heteroatoms. The van der Waals surface area contributed by atoms with E-state index in [9.17, 15) is 5.11 Å². The largest absolute Gasteiger partial charge is 0.508 e. The first-order valence-electron chi connectivity index (χ1n) is 6.89. The molecular weight excluding hydrogens is 226 g/mol. The van der Waals surface area contributed by atoms with Gasteiger partial charge in [0.25, 0.3) is 0 Å². The maximum absolute atomic E-state index is 9.77. The van der Waals surface area contributed by atoms with Crippen molar-refractivity contribution in [1.29, 1.82) is 0 Å². The molecule has 96 valence electrons. The molecule has 2 fully saturated rings. The van der Waals surface area contributed by atoms with Gasteiger partial charge in [0.1, 0.15) is 17.6 Å². The Kier molecular flexibility index (Phi) is 2.03. The van der Waals surface area contributed by atoms with Crippen LogP contribution in [-0.4, -0.2) is 35.7 Å². The molecule has 1 saturated carbocycles. The first-order chi connectivity index (χ1) is 8.69. The second kappa shape index (κ2) is 3.41. The minimum Gasteiger partial charge on any atom is -0.508 e. The van der Waals surface area contributed by atoms with Gasteiger partial charge in [-0.05, 0) is 44.5 Å². The predicted octanol–water partition coefficient (Wildman–Crippen LogP) is 2.28. The molecule has 1 spiro atoms. The summed E-state index contributed by atoms with van der Waals surface area (Å²) in [5.41, 5.74) is 1.43. The third-order valence-electron chi connectivity index (χ3n) is 5.22. The number of fused-ring (bicyclic) bond motifs is 2. The monoisotopic (exact) mass is 245 g/mol. The van der Waals surface area contributed by atoms with Crippen LogP contribution in [0.15, 0.2) is 18.2 Å². The molecule has 1 aromatic carbocycles. The highest BCUT2D eigenvalue weighted by molar-refractivity contribution is 5.50. The SMILES string of the molecule is CN1C[C@H]2Oc3ccc(O)cc3[C@]23CCC[C@H]1C3. The Labute approximate surface area is 107 Å². The van der Waals surface area contributed by atoms with Crippen LogP contribution in [-0.2, 0) is 5.41 Å². The van der Waals surface area contributed by atoms with Crippen LogP contribution >= 0.6 is 0 Å². The normalized spacial score (nSPS) is 37.8. The number of ether oxygens (including phenoxy) is 1. The van der Waals surface area contributed by atoms with E-state index in [1.54, 1.807) is 6.07 Å². The van der Waals surface area contributed by atoms with Crippen molar-refractivity contribution >= 4 is 0 Å². The molecule has 0 unspecified atom stereocenters. The van der Waals surface area contributed by atoms with Crippen LogP contribution in [0, 0.1) is 0 Å². The number of piperidine rings is 1. The molecule has 2 heterocycles. The number of hydrogen-bond donors (Lipinski definition) is 1. The second-order valence-corrected chi connectivity index (χ2v) is 6.13. The number of likely N-dealkylation sites (tertiary alicyclic amines) is 1. The Balaban J connectivity index is 1.85. The number of phenolic OH excluding ortho intramolecular Hbond substituents is 1. The van der Waals surface area contributed by atoms with Crippen LogP contribution in [0.3, 0.4) is 0 Å². The smallest absolute Gasteiger partial charge is 0.124 e. The molecule has 4 rings (SSSR count). The van der Waals surface area contributed by atoms with E-state index >= 15 is 0 Å². The lowest BCUT2D eigenvalue weighted by molar-refractivity contribution is -0.00863. The first-order valence-corrected chi connectivity index (χ1v) is 6.89. The quantitative estimate of drug-likeness (QED) is 0.761. The minimum absolute atomic E-state index is 0.170. The number of rotatable bonds is 0. The highest BCUT2D eigenvalue weighted by Gasteiger charge is 2.55. The zero-order valence-electron chi connectivity index (χ0n) is 10.7. The average molecular weight is 245 g/mol. The minimum atomic E-state index is 0.170. The number of benzene rings is 1. The molecule has 0 amide bonds. The summed E-state index contributed by atoms with van der Waals surface area (Å²) < 4.78 is 6.16. The van der Waals surface area contributed by atoms with E-state index in [0.717, 1.165) is 12.3 Å². The fourth-order valence-electron chi connectivity index (χ4n) is 4.26. The topological polar surface area (TPSA) is 32.7 Å². The molecule has 2 bridgehead atoms. The lowest BCUT2D eigenvalue weighted by atomic mass is 9.63. The molecule has 3 nitrogen and oxygen atoms in total. The maximum Gasteiger partial charge on any atom is 0.124 e. The zero-order chi connectivity index (χ0) is 12.3. The van der Waals surface area contributed by atoms with Gasteiger partial charge in [0, 0.05) is 23.6 Å². The highest BCUT2D eigenvalue weighted by atomic mass is 16.5. The van der Waals surface area contributed by atoms with Crippen molar-refractivity contribution in [1.82, 2.24) is 4.90 Å². The van der Waals surface area contributed by atoms with Gasteiger partial charge < -0.3 is 9.84 Å². The molecule has 18 heavy (non-hydrogen) atoms. The second-order valence-electron chi connectivity index (χ2n) is 6.13. The predicted molar refractivity (Wildman–Crippen MR) is 69.1 cm³/mol. The van der Waals surface area contributed by atoms with Crippen LogP contribution < -0.4 is 4.74 Å². The van der Waals surface area contributed by atoms with Crippen LogP contribution in [0.5, 0.6) is 11.5 Å². The van der Waals surface area contributed by atoms with Crippen LogP contribution in [0.4, 0.5) is 0 Å². The van der Waals surface area contributed by atoms with Crippen molar-refractivity contribution < 1.29 is 9.84 Å². The number of likely N-dealkylation sites (N-methyl/N-ethyl adjacent to an activating group) is 1. The van der Waals surface area contributed by atoms with Gasteiger partial charge in [-0.15, -0.1) is 0 Å². The van der Waals surface area contributed by atoms with Gasteiger partial charge >= 0.3 is 0 Å². The Morgan fingerprint density at radius 1 is 1.44 bits per heavy atom. The van der Waals surface area contributed by atoms with E-state index in [0.29, 0.717) is 11.8 Å². The maximum atomic E-state index is 9.77. The fraction of sp³-hybridized carbons (Fsp3) is 0.600. The van der Waals surface area contributed by atoms with Gasteiger partial charge in [-0.3, -0.25) is 4.90 Å². The number of nitrogens with zero attached hydrogens (tertiary/aromatic N) is 1. The summed E-state index contributed by atoms with van der Waals surface area (Å²) in [5, 5.41) is 9.77. The molecule has 0 aromatic heterocycles. The van der Waals surface area contributed by atoms with Gasteiger partial charge in [-0.25, -0.2) is 0 Å². The standard InChI is InChI=1S/C15H19NO2/c1-16-9-14-15(6-2-3-10(16)8-15)12-7-11(17)4-5-13(12)18-14/h4-5,7,10,14,17H,2-3,6,8-9H2,1H3/t10-,14+,15+/m0/s1. The summed E-state index contributed by atoms with van der Waals surface area (Å²) >= 11 is 0. The van der Waals surface area contributed by atoms with Crippen LogP contribution in [0.1, 0.15) is 31.2 Å². The van der Waals surface area contributed by atoms with Crippen molar-refractivity contribution in [2.45, 2.75) is 43.2 Å². The van der Waals surface area contributed by atoms with Gasteiger partial charge in [0.2, 0.25) is 0 Å². The van der Waals surface area contributed by atoms with Crippen molar-refractivity contribution in [3.63, 3.8) is 0 Å². The Morgan fingerprint density at radius 3 is 3.22 bits per heavy atom. The van der Waals surface area contributed by atoms with Gasteiger partial charge in [-0.2, -0.15) is 0 Å². The Hall–Kier alpha value is -1.22. The number of aromatic hydroxyl groups is 1.